The van der Waals surface area contributed by atoms with Crippen LogP contribution >= 0.6 is 12.4 Å². The molecule has 0 spiro atoms. The fourth-order valence-corrected chi connectivity index (χ4v) is 1.23. The molecule has 0 unspecified atom stereocenters. The topological polar surface area (TPSA) is 26.0 Å². The fraction of sp³-hybridized carbons (Fsp3) is 1.00. The molecule has 0 heterocycles. The van der Waals surface area contributed by atoms with Crippen molar-refractivity contribution in [1.82, 2.24) is 0 Å². The summed E-state index contributed by atoms with van der Waals surface area (Å²) in [5, 5.41) is 0. The molecule has 9 heavy (non-hydrogen) atoms. The molecule has 0 aromatic heterocycles. The van der Waals surface area contributed by atoms with Gasteiger partial charge in [-0.3, -0.25) is 0 Å². The Kier molecular flexibility index (Phi) is 4.15. The average molecular weight is 154 g/mol. The Bertz CT molecular complexity index is 79.5. The molecule has 1 aliphatic carbocycles. The van der Waals surface area contributed by atoms with Crippen LogP contribution in [0.3, 0.4) is 0 Å². The lowest BCUT2D eigenvalue weighted by Gasteiger charge is -2.00. The maximum Gasteiger partial charge on any atom is 0.100 e. The van der Waals surface area contributed by atoms with Crippen LogP contribution in [0.15, 0.2) is 0 Å². The van der Waals surface area contributed by atoms with Crippen molar-refractivity contribution in [2.45, 2.75) is 25.4 Å². The van der Waals surface area contributed by atoms with E-state index < -0.39 is 6.17 Å². The van der Waals surface area contributed by atoms with Gasteiger partial charge in [-0.05, 0) is 31.7 Å². The van der Waals surface area contributed by atoms with E-state index in [2.05, 4.69) is 0 Å². The average Bonchev–Trinajstić information content (AvgIpc) is 2.14. The Morgan fingerprint density at radius 3 is 2.33 bits per heavy atom. The predicted octanol–water partition coefficient (Wildman–Crippen LogP) is 1.51. The van der Waals surface area contributed by atoms with Crippen LogP contribution in [0, 0.1) is 5.92 Å². The second-order valence-corrected chi connectivity index (χ2v) is 2.51. The summed E-state index contributed by atoms with van der Waals surface area (Å²) >= 11 is 0. The van der Waals surface area contributed by atoms with Gasteiger partial charge >= 0.3 is 0 Å². The Morgan fingerprint density at radius 2 is 2.11 bits per heavy atom. The van der Waals surface area contributed by atoms with Crippen LogP contribution in [-0.2, 0) is 0 Å². The zero-order chi connectivity index (χ0) is 5.98. The molecule has 3 heteroatoms. The molecule has 0 amide bonds. The second-order valence-electron chi connectivity index (χ2n) is 2.51. The van der Waals surface area contributed by atoms with E-state index in [1.54, 1.807) is 0 Å². The highest BCUT2D eigenvalue weighted by atomic mass is 35.5. The zero-order valence-corrected chi connectivity index (χ0v) is 6.16. The SMILES string of the molecule is Cl.NC[C@H]1CC[C@H](F)C1. The zero-order valence-electron chi connectivity index (χ0n) is 5.35. The lowest BCUT2D eigenvalue weighted by Crippen LogP contribution is -2.10. The van der Waals surface area contributed by atoms with Gasteiger partial charge in [-0.15, -0.1) is 12.4 Å². The summed E-state index contributed by atoms with van der Waals surface area (Å²) in [5.41, 5.74) is 5.33. The fourth-order valence-electron chi connectivity index (χ4n) is 1.23. The third kappa shape index (κ3) is 2.50. The molecular formula is C6H13ClFN. The van der Waals surface area contributed by atoms with Crippen molar-refractivity contribution in [3.05, 3.63) is 0 Å². The lowest BCUT2D eigenvalue weighted by atomic mass is 10.1. The number of hydrogen-bond donors (Lipinski definition) is 1. The van der Waals surface area contributed by atoms with Gasteiger partial charge in [-0.25, -0.2) is 4.39 Å². The second kappa shape index (κ2) is 4.07. The third-order valence-corrected chi connectivity index (χ3v) is 1.81. The van der Waals surface area contributed by atoms with Crippen LogP contribution in [-0.4, -0.2) is 12.7 Å². The minimum Gasteiger partial charge on any atom is -0.330 e. The molecule has 0 aliphatic heterocycles. The predicted molar refractivity (Wildman–Crippen MR) is 38.5 cm³/mol. The Morgan fingerprint density at radius 1 is 1.44 bits per heavy atom. The van der Waals surface area contributed by atoms with Crippen molar-refractivity contribution in [2.24, 2.45) is 11.7 Å². The maximum atomic E-state index is 12.3. The van der Waals surface area contributed by atoms with Gasteiger partial charge < -0.3 is 5.73 Å². The number of nitrogens with two attached hydrogens (primary N) is 1. The van der Waals surface area contributed by atoms with E-state index >= 15 is 0 Å². The molecule has 0 radical (unpaired) electrons. The van der Waals surface area contributed by atoms with Gasteiger partial charge in [-0.1, -0.05) is 0 Å². The number of halogens is 2. The highest BCUT2D eigenvalue weighted by Gasteiger charge is 2.22. The highest BCUT2D eigenvalue weighted by Crippen LogP contribution is 2.26. The van der Waals surface area contributed by atoms with Crippen molar-refractivity contribution in [1.29, 1.82) is 0 Å². The first-order valence-electron chi connectivity index (χ1n) is 3.17. The van der Waals surface area contributed by atoms with E-state index in [9.17, 15) is 4.39 Å². The quantitative estimate of drug-likeness (QED) is 0.607. The van der Waals surface area contributed by atoms with Crippen LogP contribution in [0.25, 0.3) is 0 Å². The van der Waals surface area contributed by atoms with Crippen LogP contribution in [0.5, 0.6) is 0 Å². The van der Waals surface area contributed by atoms with E-state index in [-0.39, 0.29) is 12.4 Å². The van der Waals surface area contributed by atoms with E-state index in [0.29, 0.717) is 18.9 Å². The normalized spacial score (nSPS) is 34.0. The lowest BCUT2D eigenvalue weighted by molar-refractivity contribution is 0.332. The molecule has 0 aromatic carbocycles. The Labute approximate surface area is 61.2 Å². The van der Waals surface area contributed by atoms with Gasteiger partial charge in [0.05, 0.1) is 0 Å². The standard InChI is InChI=1S/C6H12FN.ClH/c7-6-2-1-5(3-6)4-8;/h5-6H,1-4,8H2;1H/t5-,6-;/m0./s1. The van der Waals surface area contributed by atoms with Gasteiger partial charge in [0.1, 0.15) is 6.17 Å². The van der Waals surface area contributed by atoms with Crippen LogP contribution in [0.4, 0.5) is 4.39 Å². The number of alkyl halides is 1. The summed E-state index contributed by atoms with van der Waals surface area (Å²) in [7, 11) is 0. The highest BCUT2D eigenvalue weighted by molar-refractivity contribution is 5.85. The first kappa shape index (κ1) is 9.18. The number of hydrogen-bond acceptors (Lipinski definition) is 1. The largest absolute Gasteiger partial charge is 0.330 e. The van der Waals surface area contributed by atoms with E-state index in [1.807, 2.05) is 0 Å². The molecule has 0 saturated heterocycles. The summed E-state index contributed by atoms with van der Waals surface area (Å²) in [6.45, 7) is 0.667. The van der Waals surface area contributed by atoms with Crippen molar-refractivity contribution < 1.29 is 4.39 Å². The van der Waals surface area contributed by atoms with Crippen molar-refractivity contribution in [2.75, 3.05) is 6.54 Å². The summed E-state index contributed by atoms with van der Waals surface area (Å²) in [6.07, 6.45) is 1.89. The third-order valence-electron chi connectivity index (χ3n) is 1.81. The van der Waals surface area contributed by atoms with Crippen molar-refractivity contribution in [3.8, 4) is 0 Å². The first-order valence-corrected chi connectivity index (χ1v) is 3.17. The monoisotopic (exact) mass is 153 g/mol. The molecule has 1 saturated carbocycles. The molecule has 1 rings (SSSR count). The molecule has 0 bridgehead atoms. The molecule has 0 aromatic rings. The smallest absolute Gasteiger partial charge is 0.100 e. The molecule has 1 aliphatic rings. The van der Waals surface area contributed by atoms with E-state index in [0.717, 1.165) is 12.8 Å². The van der Waals surface area contributed by atoms with Gasteiger partial charge in [-0.2, -0.15) is 0 Å². The molecular weight excluding hydrogens is 141 g/mol. The summed E-state index contributed by atoms with van der Waals surface area (Å²) < 4.78 is 12.3. The van der Waals surface area contributed by atoms with Crippen LogP contribution < -0.4 is 5.73 Å². The van der Waals surface area contributed by atoms with Gasteiger partial charge in [0.15, 0.2) is 0 Å². The summed E-state index contributed by atoms with van der Waals surface area (Å²) in [4.78, 5) is 0. The van der Waals surface area contributed by atoms with Crippen molar-refractivity contribution in [3.63, 3.8) is 0 Å². The van der Waals surface area contributed by atoms with Crippen LogP contribution in [0.1, 0.15) is 19.3 Å². The molecule has 2 N–H and O–H groups in total. The van der Waals surface area contributed by atoms with Gasteiger partial charge in [0, 0.05) is 0 Å². The summed E-state index contributed by atoms with van der Waals surface area (Å²) in [6, 6.07) is 0. The van der Waals surface area contributed by atoms with Crippen molar-refractivity contribution >= 4 is 12.4 Å². The minimum absolute atomic E-state index is 0. The first-order chi connectivity index (χ1) is 3.83. The molecule has 2 atom stereocenters. The molecule has 56 valence electrons. The number of rotatable bonds is 1. The van der Waals surface area contributed by atoms with Gasteiger partial charge in [0.25, 0.3) is 0 Å². The van der Waals surface area contributed by atoms with E-state index in [4.69, 9.17) is 5.73 Å². The van der Waals surface area contributed by atoms with Gasteiger partial charge in [0.2, 0.25) is 0 Å². The molecule has 1 fully saturated rings. The minimum atomic E-state index is -0.552. The van der Waals surface area contributed by atoms with Crippen LogP contribution in [0.2, 0.25) is 0 Å². The maximum absolute atomic E-state index is 12.3. The van der Waals surface area contributed by atoms with E-state index in [1.165, 1.54) is 0 Å². The Hall–Kier alpha value is 0.180. The summed E-state index contributed by atoms with van der Waals surface area (Å²) in [5.74, 6) is 0.477. The molecule has 1 nitrogen and oxygen atoms in total. The Balaban J connectivity index is 0.000000640.